The van der Waals surface area contributed by atoms with E-state index in [0.717, 1.165) is 12.1 Å². The number of hydrogen-bond acceptors (Lipinski definition) is 4. The van der Waals surface area contributed by atoms with E-state index in [1.165, 1.54) is 23.5 Å². The molecule has 1 aliphatic heterocycles. The minimum Gasteiger partial charge on any atom is -0.335 e. The van der Waals surface area contributed by atoms with Crippen LogP contribution in [-0.2, 0) is 11.0 Å². The van der Waals surface area contributed by atoms with Gasteiger partial charge in [-0.25, -0.2) is 0 Å². The molecule has 144 valence electrons. The van der Waals surface area contributed by atoms with Crippen molar-refractivity contribution in [3.05, 3.63) is 52.2 Å². The molecule has 1 fully saturated rings. The Labute approximate surface area is 158 Å². The van der Waals surface area contributed by atoms with Crippen LogP contribution >= 0.6 is 11.3 Å². The molecule has 5 nitrogen and oxygen atoms in total. The first-order valence-electron chi connectivity index (χ1n) is 8.35. The average molecular weight is 397 g/mol. The zero-order valence-corrected chi connectivity index (χ0v) is 15.1. The summed E-state index contributed by atoms with van der Waals surface area (Å²) in [6.07, 6.45) is -4.40. The van der Waals surface area contributed by atoms with Crippen molar-refractivity contribution in [1.29, 1.82) is 0 Å². The fraction of sp³-hybridized carbons (Fsp3) is 0.333. The van der Waals surface area contributed by atoms with Crippen LogP contribution in [0.15, 0.2) is 41.8 Å². The molecule has 2 amide bonds. The lowest BCUT2D eigenvalue weighted by Crippen LogP contribution is -2.50. The maximum Gasteiger partial charge on any atom is 0.416 e. The zero-order valence-electron chi connectivity index (χ0n) is 14.3. The minimum atomic E-state index is -4.40. The number of carbonyl (C=O) groups is 2. The molecule has 1 aliphatic rings. The summed E-state index contributed by atoms with van der Waals surface area (Å²) in [5, 5.41) is 4.45. The van der Waals surface area contributed by atoms with Gasteiger partial charge in [0.05, 0.1) is 17.0 Å². The Hall–Kier alpha value is -2.39. The number of halogens is 3. The third-order valence-electron chi connectivity index (χ3n) is 4.25. The van der Waals surface area contributed by atoms with Gasteiger partial charge in [-0.1, -0.05) is 6.07 Å². The lowest BCUT2D eigenvalue weighted by Gasteiger charge is -2.34. The highest BCUT2D eigenvalue weighted by Gasteiger charge is 2.30. The standard InChI is InChI=1S/C18H18F3N3O2S/c19-18(20,21)13-3-5-14(6-4-13)22-16(25)12-23-7-9-24(10-8-23)17(26)15-2-1-11-27-15/h1-6,11H,7-10,12H2,(H,22,25). The number of carbonyl (C=O) groups excluding carboxylic acids is 2. The largest absolute Gasteiger partial charge is 0.416 e. The highest BCUT2D eigenvalue weighted by Crippen LogP contribution is 2.29. The van der Waals surface area contributed by atoms with E-state index in [2.05, 4.69) is 5.32 Å². The summed E-state index contributed by atoms with van der Waals surface area (Å²) in [5.74, 6) is -0.299. The molecule has 1 saturated heterocycles. The molecular formula is C18H18F3N3O2S. The minimum absolute atomic E-state index is 0.00106. The Balaban J connectivity index is 1.46. The van der Waals surface area contributed by atoms with Crippen LogP contribution in [0.2, 0.25) is 0 Å². The van der Waals surface area contributed by atoms with Crippen molar-refractivity contribution in [2.45, 2.75) is 6.18 Å². The second kappa shape index (κ2) is 8.10. The molecule has 0 aliphatic carbocycles. The molecule has 1 aromatic heterocycles. The van der Waals surface area contributed by atoms with Gasteiger partial charge in [-0.2, -0.15) is 13.2 Å². The monoisotopic (exact) mass is 397 g/mol. The maximum atomic E-state index is 12.5. The van der Waals surface area contributed by atoms with E-state index in [1.807, 2.05) is 16.3 Å². The Bertz CT molecular complexity index is 783. The van der Waals surface area contributed by atoms with Gasteiger partial charge in [0.25, 0.3) is 5.91 Å². The van der Waals surface area contributed by atoms with Gasteiger partial charge in [-0.05, 0) is 35.7 Å². The normalized spacial score (nSPS) is 15.6. The van der Waals surface area contributed by atoms with E-state index in [9.17, 15) is 22.8 Å². The molecule has 1 N–H and O–H groups in total. The maximum absolute atomic E-state index is 12.5. The molecule has 9 heteroatoms. The van der Waals surface area contributed by atoms with Crippen LogP contribution in [0.4, 0.5) is 18.9 Å². The predicted molar refractivity (Wildman–Crippen MR) is 96.7 cm³/mol. The van der Waals surface area contributed by atoms with E-state index < -0.39 is 11.7 Å². The summed E-state index contributed by atoms with van der Waals surface area (Å²) in [4.78, 5) is 28.8. The van der Waals surface area contributed by atoms with Gasteiger partial charge in [0.15, 0.2) is 0 Å². The summed E-state index contributed by atoms with van der Waals surface area (Å²) in [7, 11) is 0. The van der Waals surface area contributed by atoms with Gasteiger partial charge in [0.1, 0.15) is 0 Å². The van der Waals surface area contributed by atoms with Gasteiger partial charge in [0, 0.05) is 31.9 Å². The molecule has 0 saturated carbocycles. The van der Waals surface area contributed by atoms with Gasteiger partial charge in [-0.15, -0.1) is 11.3 Å². The van der Waals surface area contributed by atoms with E-state index in [4.69, 9.17) is 0 Å². The molecule has 0 atom stereocenters. The van der Waals surface area contributed by atoms with E-state index in [0.29, 0.717) is 36.7 Å². The van der Waals surface area contributed by atoms with Gasteiger partial charge >= 0.3 is 6.18 Å². The number of piperazine rings is 1. The van der Waals surface area contributed by atoms with Gasteiger partial charge < -0.3 is 10.2 Å². The van der Waals surface area contributed by atoms with Crippen molar-refractivity contribution in [1.82, 2.24) is 9.80 Å². The second-order valence-corrected chi connectivity index (χ2v) is 7.12. The number of nitrogens with one attached hydrogen (secondary N) is 1. The smallest absolute Gasteiger partial charge is 0.335 e. The first-order valence-corrected chi connectivity index (χ1v) is 9.23. The van der Waals surface area contributed by atoms with E-state index in [1.54, 1.807) is 11.0 Å². The highest BCUT2D eigenvalue weighted by molar-refractivity contribution is 7.12. The number of hydrogen-bond donors (Lipinski definition) is 1. The van der Waals surface area contributed by atoms with Gasteiger partial charge in [0.2, 0.25) is 5.91 Å². The molecule has 0 radical (unpaired) electrons. The molecule has 3 rings (SSSR count). The number of amides is 2. The van der Waals surface area contributed by atoms with Crippen molar-refractivity contribution in [2.75, 3.05) is 38.0 Å². The first-order chi connectivity index (χ1) is 12.8. The van der Waals surface area contributed by atoms with E-state index >= 15 is 0 Å². The quantitative estimate of drug-likeness (QED) is 0.862. The van der Waals surface area contributed by atoms with Crippen LogP contribution in [-0.4, -0.2) is 54.3 Å². The number of thiophene rings is 1. The second-order valence-electron chi connectivity index (χ2n) is 6.17. The number of alkyl halides is 3. The summed E-state index contributed by atoms with van der Waals surface area (Å²) in [6.45, 7) is 2.33. The fourth-order valence-electron chi connectivity index (χ4n) is 2.81. The Morgan fingerprint density at radius 1 is 1.04 bits per heavy atom. The molecule has 1 aromatic carbocycles. The third kappa shape index (κ3) is 5.08. The Morgan fingerprint density at radius 3 is 2.26 bits per heavy atom. The highest BCUT2D eigenvalue weighted by atomic mass is 32.1. The van der Waals surface area contributed by atoms with Crippen LogP contribution in [0.5, 0.6) is 0 Å². The summed E-state index contributed by atoms with van der Waals surface area (Å²) >= 11 is 1.40. The predicted octanol–water partition coefficient (Wildman–Crippen LogP) is 3.16. The average Bonchev–Trinajstić information content (AvgIpc) is 3.16. The number of nitrogens with zero attached hydrogens (tertiary/aromatic N) is 2. The molecule has 0 spiro atoms. The molecule has 0 unspecified atom stereocenters. The molecular weight excluding hydrogens is 379 g/mol. The molecule has 2 heterocycles. The van der Waals surface area contributed by atoms with Crippen molar-refractivity contribution in [2.24, 2.45) is 0 Å². The van der Waals surface area contributed by atoms with Crippen LogP contribution in [0, 0.1) is 0 Å². The Kier molecular flexibility index (Phi) is 5.81. The first kappa shape index (κ1) is 19.4. The fourth-order valence-corrected chi connectivity index (χ4v) is 3.50. The van der Waals surface area contributed by atoms with Crippen molar-refractivity contribution >= 4 is 28.8 Å². The topological polar surface area (TPSA) is 52.7 Å². The number of rotatable bonds is 4. The lowest BCUT2D eigenvalue weighted by molar-refractivity contribution is -0.137. The zero-order chi connectivity index (χ0) is 19.4. The lowest BCUT2D eigenvalue weighted by atomic mass is 10.2. The summed E-state index contributed by atoms with van der Waals surface area (Å²) in [6, 6.07) is 7.96. The molecule has 0 bridgehead atoms. The van der Waals surface area contributed by atoms with Crippen LogP contribution in [0.25, 0.3) is 0 Å². The van der Waals surface area contributed by atoms with Crippen molar-refractivity contribution in [3.8, 4) is 0 Å². The van der Waals surface area contributed by atoms with Gasteiger partial charge in [-0.3, -0.25) is 14.5 Å². The number of benzene rings is 1. The number of anilines is 1. The van der Waals surface area contributed by atoms with Crippen LogP contribution < -0.4 is 5.32 Å². The summed E-state index contributed by atoms with van der Waals surface area (Å²) < 4.78 is 37.6. The Morgan fingerprint density at radius 2 is 1.70 bits per heavy atom. The summed E-state index contributed by atoms with van der Waals surface area (Å²) in [5.41, 5.74) is -0.438. The molecule has 2 aromatic rings. The van der Waals surface area contributed by atoms with Crippen LogP contribution in [0.3, 0.4) is 0 Å². The van der Waals surface area contributed by atoms with Crippen molar-refractivity contribution < 1.29 is 22.8 Å². The van der Waals surface area contributed by atoms with E-state index in [-0.39, 0.29) is 18.4 Å². The molecule has 27 heavy (non-hydrogen) atoms. The SMILES string of the molecule is O=C(CN1CCN(C(=O)c2cccs2)CC1)Nc1ccc(C(F)(F)F)cc1. The van der Waals surface area contributed by atoms with Crippen LogP contribution in [0.1, 0.15) is 15.2 Å². The van der Waals surface area contributed by atoms with Crippen molar-refractivity contribution in [3.63, 3.8) is 0 Å². The third-order valence-corrected chi connectivity index (χ3v) is 5.11.